The number of nitrogens with zero attached hydrogens (tertiary/aromatic N) is 1. The van der Waals surface area contributed by atoms with Crippen LogP contribution in [0.15, 0.2) is 16.9 Å². The fourth-order valence-corrected chi connectivity index (χ4v) is 0.520. The third-order valence-electron chi connectivity index (χ3n) is 0.785. The van der Waals surface area contributed by atoms with Gasteiger partial charge in [0.1, 0.15) is 5.83 Å². The molecule has 0 amide bonds. The van der Waals surface area contributed by atoms with Crippen LogP contribution >= 0.6 is 12.2 Å². The SMILES string of the molecule is O=C1C=C(F)C=NC1=S. The van der Waals surface area contributed by atoms with Gasteiger partial charge in [0.25, 0.3) is 0 Å². The van der Waals surface area contributed by atoms with Crippen LogP contribution in [-0.2, 0) is 4.79 Å². The highest BCUT2D eigenvalue weighted by atomic mass is 32.1. The van der Waals surface area contributed by atoms with E-state index in [1.807, 2.05) is 0 Å². The van der Waals surface area contributed by atoms with Gasteiger partial charge in [-0.1, -0.05) is 12.2 Å². The number of aliphatic imine (C=N–C) groups is 1. The van der Waals surface area contributed by atoms with Crippen LogP contribution in [0.2, 0.25) is 0 Å². The predicted molar refractivity (Wildman–Crippen MR) is 35.3 cm³/mol. The third kappa shape index (κ3) is 1.26. The Labute approximate surface area is 56.1 Å². The molecule has 1 heterocycles. The average Bonchev–Trinajstić information content (AvgIpc) is 1.80. The summed E-state index contributed by atoms with van der Waals surface area (Å²) in [4.78, 5) is 13.7. The van der Waals surface area contributed by atoms with Gasteiger partial charge in [-0.05, 0) is 0 Å². The van der Waals surface area contributed by atoms with E-state index in [-0.39, 0.29) is 4.99 Å². The molecular formula is C5H2FNOS. The molecule has 46 valence electrons. The van der Waals surface area contributed by atoms with Crippen LogP contribution in [0.1, 0.15) is 0 Å². The van der Waals surface area contributed by atoms with Crippen molar-refractivity contribution in [2.24, 2.45) is 4.99 Å². The summed E-state index contributed by atoms with van der Waals surface area (Å²) in [6.07, 6.45) is 1.74. The minimum absolute atomic E-state index is 0.0867. The van der Waals surface area contributed by atoms with Gasteiger partial charge >= 0.3 is 0 Å². The Kier molecular flexibility index (Phi) is 1.48. The topological polar surface area (TPSA) is 29.4 Å². The van der Waals surface area contributed by atoms with Crippen LogP contribution in [0.5, 0.6) is 0 Å². The largest absolute Gasteiger partial charge is 0.286 e. The van der Waals surface area contributed by atoms with Crippen LogP contribution in [0, 0.1) is 0 Å². The number of hydrogen-bond acceptors (Lipinski definition) is 2. The van der Waals surface area contributed by atoms with Crippen LogP contribution in [0.3, 0.4) is 0 Å². The highest BCUT2D eigenvalue weighted by Gasteiger charge is 2.09. The van der Waals surface area contributed by atoms with E-state index in [4.69, 9.17) is 0 Å². The molecule has 2 nitrogen and oxygen atoms in total. The number of ketones is 1. The monoisotopic (exact) mass is 143 g/mol. The number of allylic oxidation sites excluding steroid dienone is 1. The Morgan fingerprint density at radius 3 is 2.78 bits per heavy atom. The molecule has 0 unspecified atom stereocenters. The fraction of sp³-hybridized carbons (Fsp3) is 0. The summed E-state index contributed by atoms with van der Waals surface area (Å²) in [7, 11) is 0. The zero-order valence-electron chi connectivity index (χ0n) is 4.30. The summed E-state index contributed by atoms with van der Waals surface area (Å²) in [5, 5.41) is 0. The second-order valence-electron chi connectivity index (χ2n) is 1.46. The van der Waals surface area contributed by atoms with Crippen molar-refractivity contribution >= 4 is 29.2 Å². The quantitative estimate of drug-likeness (QED) is 0.470. The second-order valence-corrected chi connectivity index (χ2v) is 1.84. The molecular weight excluding hydrogens is 141 g/mol. The van der Waals surface area contributed by atoms with Crippen molar-refractivity contribution in [1.29, 1.82) is 0 Å². The van der Waals surface area contributed by atoms with E-state index in [1.165, 1.54) is 0 Å². The van der Waals surface area contributed by atoms with Gasteiger partial charge in [-0.25, -0.2) is 9.38 Å². The summed E-state index contributed by atoms with van der Waals surface area (Å²) >= 11 is 4.42. The summed E-state index contributed by atoms with van der Waals surface area (Å²) in [6.45, 7) is 0. The Hall–Kier alpha value is -0.900. The molecule has 0 saturated carbocycles. The first-order valence-electron chi connectivity index (χ1n) is 2.20. The van der Waals surface area contributed by atoms with Gasteiger partial charge in [-0.3, -0.25) is 4.79 Å². The normalized spacial score (nSPS) is 18.1. The maximum Gasteiger partial charge on any atom is 0.218 e. The van der Waals surface area contributed by atoms with Gasteiger partial charge in [0, 0.05) is 6.08 Å². The summed E-state index contributed by atoms with van der Waals surface area (Å²) in [5.74, 6) is -1.18. The third-order valence-corrected chi connectivity index (χ3v) is 1.09. The fourth-order valence-electron chi connectivity index (χ4n) is 0.408. The van der Waals surface area contributed by atoms with Gasteiger partial charge in [-0.2, -0.15) is 0 Å². The number of carbonyl (C=O) groups is 1. The molecule has 0 aromatic rings. The maximum atomic E-state index is 12.0. The molecule has 0 fully saturated rings. The van der Waals surface area contributed by atoms with E-state index in [1.54, 1.807) is 0 Å². The first-order valence-corrected chi connectivity index (χ1v) is 2.60. The van der Waals surface area contributed by atoms with Crippen molar-refractivity contribution in [3.05, 3.63) is 11.9 Å². The lowest BCUT2D eigenvalue weighted by Crippen LogP contribution is -2.10. The smallest absolute Gasteiger partial charge is 0.218 e. The Morgan fingerprint density at radius 2 is 2.33 bits per heavy atom. The van der Waals surface area contributed by atoms with Crippen LogP contribution in [0.4, 0.5) is 4.39 Å². The van der Waals surface area contributed by atoms with Gasteiger partial charge in [-0.15, -0.1) is 0 Å². The summed E-state index contributed by atoms with van der Waals surface area (Å²) in [5.41, 5.74) is 0. The Bertz CT molecular complexity index is 231. The molecule has 4 heteroatoms. The van der Waals surface area contributed by atoms with E-state index in [9.17, 15) is 9.18 Å². The lowest BCUT2D eigenvalue weighted by Gasteiger charge is -1.95. The molecule has 1 aliphatic rings. The van der Waals surface area contributed by atoms with E-state index in [0.717, 1.165) is 12.3 Å². The molecule has 0 atom stereocenters. The molecule has 0 aromatic carbocycles. The molecule has 0 spiro atoms. The number of dihydropyridines is 1. The lowest BCUT2D eigenvalue weighted by molar-refractivity contribution is -0.108. The predicted octanol–water partition coefficient (Wildman–Crippen LogP) is 0.821. The molecule has 1 rings (SSSR count). The molecule has 0 N–H and O–H groups in total. The molecule has 0 aromatic heterocycles. The van der Waals surface area contributed by atoms with Gasteiger partial charge in [0.15, 0.2) is 4.99 Å². The molecule has 0 aliphatic carbocycles. The van der Waals surface area contributed by atoms with Crippen molar-refractivity contribution in [3.8, 4) is 0 Å². The van der Waals surface area contributed by atoms with Crippen LogP contribution in [0.25, 0.3) is 0 Å². The minimum Gasteiger partial charge on any atom is -0.286 e. The average molecular weight is 143 g/mol. The maximum absolute atomic E-state index is 12.0. The molecule has 1 aliphatic heterocycles. The molecule has 9 heavy (non-hydrogen) atoms. The van der Waals surface area contributed by atoms with Crippen LogP contribution < -0.4 is 0 Å². The number of hydrogen-bond donors (Lipinski definition) is 0. The van der Waals surface area contributed by atoms with E-state index >= 15 is 0 Å². The molecule has 0 saturated heterocycles. The molecule has 0 radical (unpaired) electrons. The van der Waals surface area contributed by atoms with Crippen molar-refractivity contribution in [2.45, 2.75) is 0 Å². The summed E-state index contributed by atoms with van der Waals surface area (Å²) < 4.78 is 12.0. The summed E-state index contributed by atoms with van der Waals surface area (Å²) in [6, 6.07) is 0. The van der Waals surface area contributed by atoms with Crippen molar-refractivity contribution in [3.63, 3.8) is 0 Å². The van der Waals surface area contributed by atoms with Crippen molar-refractivity contribution < 1.29 is 9.18 Å². The van der Waals surface area contributed by atoms with Gasteiger partial charge < -0.3 is 0 Å². The Morgan fingerprint density at radius 1 is 1.67 bits per heavy atom. The number of thiocarbonyl (C=S) groups is 1. The first kappa shape index (κ1) is 6.22. The van der Waals surface area contributed by atoms with Crippen LogP contribution in [-0.4, -0.2) is 17.0 Å². The van der Waals surface area contributed by atoms with E-state index < -0.39 is 11.6 Å². The molecule has 0 bridgehead atoms. The van der Waals surface area contributed by atoms with Crippen molar-refractivity contribution in [1.82, 2.24) is 0 Å². The lowest BCUT2D eigenvalue weighted by atomic mass is 10.3. The Balaban J connectivity index is 2.95. The zero-order chi connectivity index (χ0) is 6.85. The van der Waals surface area contributed by atoms with Crippen molar-refractivity contribution in [2.75, 3.05) is 0 Å². The van der Waals surface area contributed by atoms with Gasteiger partial charge in [0.2, 0.25) is 5.78 Å². The second kappa shape index (κ2) is 2.14. The minimum atomic E-state index is -0.645. The number of rotatable bonds is 0. The number of carbonyl (C=O) groups excluding carboxylic acids is 1. The standard InChI is InChI=1S/C5H2FNOS/c6-3-1-4(8)5(9)7-2-3/h1-2H. The highest BCUT2D eigenvalue weighted by Crippen LogP contribution is 2.00. The van der Waals surface area contributed by atoms with Gasteiger partial charge in [0.05, 0.1) is 6.21 Å². The first-order chi connectivity index (χ1) is 4.20. The number of halogens is 1. The zero-order valence-corrected chi connectivity index (χ0v) is 5.11. The van der Waals surface area contributed by atoms with E-state index in [0.29, 0.717) is 0 Å². The highest BCUT2D eigenvalue weighted by molar-refractivity contribution is 7.82. The van der Waals surface area contributed by atoms with E-state index in [2.05, 4.69) is 17.2 Å².